The summed E-state index contributed by atoms with van der Waals surface area (Å²) in [5.74, 6) is -0.366. The monoisotopic (exact) mass is 441 g/mol. The second-order valence-corrected chi connectivity index (χ2v) is 10.4. The Labute approximate surface area is 183 Å². The number of carbonyl (C=O) groups excluding carboxylic acids is 2. The van der Waals surface area contributed by atoms with Gasteiger partial charge in [-0.1, -0.05) is 19.1 Å². The Balaban J connectivity index is 1.36. The van der Waals surface area contributed by atoms with Crippen LogP contribution >= 0.6 is 0 Å². The fourth-order valence-electron chi connectivity index (χ4n) is 4.18. The van der Waals surface area contributed by atoms with Gasteiger partial charge >= 0.3 is 5.97 Å². The lowest BCUT2D eigenvalue weighted by Gasteiger charge is -2.29. The van der Waals surface area contributed by atoms with Gasteiger partial charge in [0.15, 0.2) is 12.4 Å². The van der Waals surface area contributed by atoms with Gasteiger partial charge in [-0.2, -0.15) is 4.31 Å². The van der Waals surface area contributed by atoms with Gasteiger partial charge in [0.25, 0.3) is 0 Å². The molecule has 1 aliphatic carbocycles. The molecule has 0 unspecified atom stereocenters. The number of fused-ring (bicyclic) bond motifs is 1. The molecule has 0 aromatic heterocycles. The quantitative estimate of drug-likeness (QED) is 0.505. The number of rotatable bonds is 6. The molecule has 0 saturated carbocycles. The molecule has 164 valence electrons. The first-order valence-corrected chi connectivity index (χ1v) is 12.2. The number of ketones is 1. The molecule has 0 amide bonds. The molecule has 2 aromatic rings. The van der Waals surface area contributed by atoms with Gasteiger partial charge in [-0.25, -0.2) is 13.2 Å². The standard InChI is InChI=1S/C24H27NO5S/c1-17-11-13-25(14-12-17)31(28,29)22-9-7-19(8-10-22)24(27)30-16-23(26)21-6-5-18-3-2-4-20(18)15-21/h5-10,15,17H,2-4,11-14,16H2,1H3. The summed E-state index contributed by atoms with van der Waals surface area (Å²) < 4.78 is 32.2. The molecule has 1 heterocycles. The van der Waals surface area contributed by atoms with E-state index in [2.05, 4.69) is 6.92 Å². The minimum atomic E-state index is -3.57. The van der Waals surface area contributed by atoms with Crippen LogP contribution in [-0.4, -0.2) is 44.2 Å². The molecule has 4 rings (SSSR count). The van der Waals surface area contributed by atoms with E-state index < -0.39 is 16.0 Å². The lowest BCUT2D eigenvalue weighted by molar-refractivity contribution is 0.0474. The van der Waals surface area contributed by atoms with E-state index >= 15 is 0 Å². The van der Waals surface area contributed by atoms with Crippen molar-refractivity contribution >= 4 is 21.8 Å². The minimum absolute atomic E-state index is 0.160. The summed E-state index contributed by atoms with van der Waals surface area (Å²) in [7, 11) is -3.57. The Morgan fingerprint density at radius 3 is 2.32 bits per heavy atom. The van der Waals surface area contributed by atoms with Crippen molar-refractivity contribution in [1.82, 2.24) is 4.31 Å². The van der Waals surface area contributed by atoms with Gasteiger partial charge in [0.2, 0.25) is 10.0 Å². The molecule has 0 spiro atoms. The highest BCUT2D eigenvalue weighted by atomic mass is 32.2. The van der Waals surface area contributed by atoms with E-state index in [0.717, 1.165) is 32.1 Å². The van der Waals surface area contributed by atoms with Crippen molar-refractivity contribution in [2.45, 2.75) is 43.9 Å². The number of piperidine rings is 1. The van der Waals surface area contributed by atoms with E-state index in [1.807, 2.05) is 12.1 Å². The van der Waals surface area contributed by atoms with Crippen LogP contribution in [0.3, 0.4) is 0 Å². The summed E-state index contributed by atoms with van der Waals surface area (Å²) in [5, 5.41) is 0. The average Bonchev–Trinajstić information content (AvgIpc) is 3.25. The van der Waals surface area contributed by atoms with Gasteiger partial charge in [-0.3, -0.25) is 4.79 Å². The Morgan fingerprint density at radius 2 is 1.61 bits per heavy atom. The highest BCUT2D eigenvalue weighted by molar-refractivity contribution is 7.89. The van der Waals surface area contributed by atoms with Gasteiger partial charge in [0.05, 0.1) is 10.5 Å². The molecule has 1 aliphatic heterocycles. The zero-order valence-electron chi connectivity index (χ0n) is 17.7. The number of hydrogen-bond donors (Lipinski definition) is 0. The maximum atomic E-state index is 12.8. The third kappa shape index (κ3) is 4.72. The Kier molecular flexibility index (Phi) is 6.25. The van der Waals surface area contributed by atoms with Gasteiger partial charge < -0.3 is 4.74 Å². The van der Waals surface area contributed by atoms with Crippen molar-refractivity contribution < 1.29 is 22.7 Å². The van der Waals surface area contributed by atoms with Gasteiger partial charge in [0.1, 0.15) is 0 Å². The fourth-order valence-corrected chi connectivity index (χ4v) is 5.65. The molecule has 0 atom stereocenters. The molecule has 2 aliphatic rings. The second kappa shape index (κ2) is 8.93. The Bertz CT molecular complexity index is 1080. The predicted octanol–water partition coefficient (Wildman–Crippen LogP) is 3.64. The molecule has 2 aromatic carbocycles. The summed E-state index contributed by atoms with van der Waals surface area (Å²) in [4.78, 5) is 24.9. The minimum Gasteiger partial charge on any atom is -0.454 e. The number of nitrogens with zero attached hydrogens (tertiary/aromatic N) is 1. The normalized spacial score (nSPS) is 17.3. The lowest BCUT2D eigenvalue weighted by atomic mass is 10.0. The van der Waals surface area contributed by atoms with Crippen molar-refractivity contribution in [3.63, 3.8) is 0 Å². The first-order chi connectivity index (χ1) is 14.8. The van der Waals surface area contributed by atoms with E-state index in [4.69, 9.17) is 4.74 Å². The van der Waals surface area contributed by atoms with Crippen LogP contribution < -0.4 is 0 Å². The number of Topliss-reactive ketones (excluding diaryl/α,β-unsaturated/α-hetero) is 1. The molecule has 6 nitrogen and oxygen atoms in total. The zero-order valence-corrected chi connectivity index (χ0v) is 18.5. The van der Waals surface area contributed by atoms with Crippen molar-refractivity contribution in [3.8, 4) is 0 Å². The van der Waals surface area contributed by atoms with Gasteiger partial charge in [0, 0.05) is 18.7 Å². The SMILES string of the molecule is CC1CCN(S(=O)(=O)c2ccc(C(=O)OCC(=O)c3ccc4c(c3)CCC4)cc2)CC1. The predicted molar refractivity (Wildman–Crippen MR) is 117 cm³/mol. The van der Waals surface area contributed by atoms with Crippen LogP contribution in [-0.2, 0) is 27.6 Å². The fraction of sp³-hybridized carbons (Fsp3) is 0.417. The Morgan fingerprint density at radius 1 is 0.968 bits per heavy atom. The molecular formula is C24H27NO5S. The first-order valence-electron chi connectivity index (χ1n) is 10.8. The van der Waals surface area contributed by atoms with Crippen LogP contribution in [0.4, 0.5) is 0 Å². The highest BCUT2D eigenvalue weighted by Gasteiger charge is 2.28. The largest absolute Gasteiger partial charge is 0.454 e. The molecule has 31 heavy (non-hydrogen) atoms. The number of sulfonamides is 1. The second-order valence-electron chi connectivity index (χ2n) is 8.45. The first kappa shape index (κ1) is 21.7. The average molecular weight is 442 g/mol. The lowest BCUT2D eigenvalue weighted by Crippen LogP contribution is -2.37. The van der Waals surface area contributed by atoms with E-state index in [-0.39, 0.29) is 22.8 Å². The Hall–Kier alpha value is -2.51. The van der Waals surface area contributed by atoms with Crippen LogP contribution in [0.5, 0.6) is 0 Å². The zero-order chi connectivity index (χ0) is 22.0. The van der Waals surface area contributed by atoms with Crippen LogP contribution in [0, 0.1) is 5.92 Å². The number of aryl methyl sites for hydroxylation is 2. The van der Waals surface area contributed by atoms with Crippen LogP contribution in [0.25, 0.3) is 0 Å². The number of carbonyl (C=O) groups is 2. The van der Waals surface area contributed by atoms with Gasteiger partial charge in [-0.15, -0.1) is 0 Å². The molecule has 7 heteroatoms. The molecule has 0 N–H and O–H groups in total. The number of esters is 1. The van der Waals surface area contributed by atoms with E-state index in [1.54, 1.807) is 6.07 Å². The molecule has 1 saturated heterocycles. The third-order valence-electron chi connectivity index (χ3n) is 6.23. The third-order valence-corrected chi connectivity index (χ3v) is 8.14. The topological polar surface area (TPSA) is 80.8 Å². The number of ether oxygens (including phenoxy) is 1. The van der Waals surface area contributed by atoms with Crippen LogP contribution in [0.1, 0.15) is 58.0 Å². The maximum absolute atomic E-state index is 12.8. The molecular weight excluding hydrogens is 414 g/mol. The maximum Gasteiger partial charge on any atom is 0.338 e. The smallest absolute Gasteiger partial charge is 0.338 e. The van der Waals surface area contributed by atoms with E-state index in [1.165, 1.54) is 39.7 Å². The van der Waals surface area contributed by atoms with E-state index in [0.29, 0.717) is 24.6 Å². The van der Waals surface area contributed by atoms with Crippen molar-refractivity contribution in [2.24, 2.45) is 5.92 Å². The van der Waals surface area contributed by atoms with Gasteiger partial charge in [-0.05, 0) is 79.5 Å². The van der Waals surface area contributed by atoms with Crippen LogP contribution in [0.15, 0.2) is 47.4 Å². The summed E-state index contributed by atoms with van der Waals surface area (Å²) in [5.41, 5.74) is 3.23. The summed E-state index contributed by atoms with van der Waals surface area (Å²) in [6, 6.07) is 11.3. The van der Waals surface area contributed by atoms with E-state index in [9.17, 15) is 18.0 Å². The molecule has 1 fully saturated rings. The summed E-state index contributed by atoms with van der Waals surface area (Å²) >= 11 is 0. The van der Waals surface area contributed by atoms with Crippen LogP contribution in [0.2, 0.25) is 0 Å². The van der Waals surface area contributed by atoms with Crippen molar-refractivity contribution in [3.05, 3.63) is 64.7 Å². The number of hydrogen-bond acceptors (Lipinski definition) is 5. The number of benzene rings is 2. The molecule has 0 bridgehead atoms. The highest BCUT2D eigenvalue weighted by Crippen LogP contribution is 2.24. The summed E-state index contributed by atoms with van der Waals surface area (Å²) in [6.07, 6.45) is 4.82. The molecule has 0 radical (unpaired) electrons. The van der Waals surface area contributed by atoms with Crippen molar-refractivity contribution in [2.75, 3.05) is 19.7 Å². The summed E-state index contributed by atoms with van der Waals surface area (Å²) in [6.45, 7) is 2.80. The van der Waals surface area contributed by atoms with Crippen molar-refractivity contribution in [1.29, 1.82) is 0 Å².